The molecule has 3 atom stereocenters. The molecule has 1 aromatic carbocycles. The Labute approximate surface area is 405 Å². The lowest BCUT2D eigenvalue weighted by Gasteiger charge is -2.36. The third-order valence-electron chi connectivity index (χ3n) is 13.9. The van der Waals surface area contributed by atoms with Crippen LogP contribution in [0.3, 0.4) is 0 Å². The summed E-state index contributed by atoms with van der Waals surface area (Å²) >= 11 is 0. The van der Waals surface area contributed by atoms with E-state index in [4.69, 9.17) is 19.6 Å². The Morgan fingerprint density at radius 2 is 1.83 bits per heavy atom. The van der Waals surface area contributed by atoms with Crippen molar-refractivity contribution in [3.8, 4) is 11.8 Å². The number of halogens is 2. The number of alkyl halides is 2. The van der Waals surface area contributed by atoms with Crippen LogP contribution in [0.5, 0.6) is 0 Å². The third kappa shape index (κ3) is 10.8. The number of likely N-dealkylation sites (tertiary alicyclic amines) is 1. The number of nitrogens with one attached hydrogen (secondary N) is 2. The number of imide groups is 1. The number of fused-ring (bicyclic) bond motifs is 4. The number of rotatable bonds is 12. The smallest absolute Gasteiger partial charge is 0.329 e. The summed E-state index contributed by atoms with van der Waals surface area (Å²) in [5.74, 6) is 4.76. The van der Waals surface area contributed by atoms with Crippen LogP contribution in [-0.2, 0) is 35.7 Å². The van der Waals surface area contributed by atoms with E-state index in [1.54, 1.807) is 24.0 Å². The van der Waals surface area contributed by atoms with Gasteiger partial charge in [-0.2, -0.15) is 10.2 Å². The highest BCUT2D eigenvalue weighted by molar-refractivity contribution is 6.08. The molecule has 71 heavy (non-hydrogen) atoms. The highest BCUT2D eigenvalue weighted by Crippen LogP contribution is 2.36. The number of carbonyl (C=O) groups excluding carboxylic acids is 4. The van der Waals surface area contributed by atoms with E-state index in [9.17, 15) is 37.5 Å². The van der Waals surface area contributed by atoms with Gasteiger partial charge in [0.1, 0.15) is 24.0 Å². The molecule has 1 saturated carbocycles. The van der Waals surface area contributed by atoms with E-state index < -0.39 is 35.9 Å². The van der Waals surface area contributed by atoms with Crippen LogP contribution in [0.1, 0.15) is 105 Å². The number of ether oxygens (including phenoxy) is 2. The molecule has 5 aliphatic rings. The molecule has 5 fully saturated rings. The summed E-state index contributed by atoms with van der Waals surface area (Å²) in [5.41, 5.74) is 1.62. The van der Waals surface area contributed by atoms with Crippen LogP contribution in [-0.4, -0.2) is 131 Å². The summed E-state index contributed by atoms with van der Waals surface area (Å²) in [7, 11) is 1.66. The number of carboxylic acid groups (broad SMARTS) is 1. The van der Waals surface area contributed by atoms with E-state index >= 15 is 0 Å². The average molecular weight is 980 g/mol. The number of allylic oxidation sites excluding steroid dienone is 1. The molecule has 0 spiro atoms. The minimum Gasteiger partial charge on any atom is -0.478 e. The van der Waals surface area contributed by atoms with E-state index in [-0.39, 0.29) is 72.4 Å². The highest BCUT2D eigenvalue weighted by atomic mass is 19.3. The van der Waals surface area contributed by atoms with Crippen molar-refractivity contribution in [2.24, 2.45) is 13.0 Å². The van der Waals surface area contributed by atoms with Crippen molar-refractivity contribution in [2.45, 2.75) is 101 Å². The van der Waals surface area contributed by atoms with Crippen LogP contribution in [0, 0.1) is 17.8 Å². The van der Waals surface area contributed by atoms with Crippen LogP contribution >= 0.6 is 0 Å². The number of anilines is 2. The van der Waals surface area contributed by atoms with Gasteiger partial charge in [-0.05, 0) is 88.5 Å². The van der Waals surface area contributed by atoms with Gasteiger partial charge < -0.3 is 29.7 Å². The number of benzene rings is 1. The van der Waals surface area contributed by atoms with Gasteiger partial charge in [-0.1, -0.05) is 17.9 Å². The SMILES string of the molecule is CC(=O)/C=C/C(=O)O.Cn1c(=O)n(C2CCC(=O)NC2=O)c2cccc(C#CCOC3CCN(CC4CCC(n5cc(NC(=O)c6cnn7ccc(N8C[C@H]9C[C@@H]8CO9)nc67)c(C(F)F)n5)CC4)CC3)c21. The Morgan fingerprint density at radius 1 is 1.04 bits per heavy atom. The molecular formula is C49H55F2N11O9. The second-order valence-corrected chi connectivity index (χ2v) is 18.7. The van der Waals surface area contributed by atoms with Crippen LogP contribution in [0.15, 0.2) is 59.8 Å². The minimum absolute atomic E-state index is 0.0104. The number of aromatic nitrogens is 7. The number of hydrogen-bond donors (Lipinski definition) is 3. The molecule has 3 amide bonds. The van der Waals surface area contributed by atoms with Crippen LogP contribution in [0.25, 0.3) is 16.7 Å². The lowest BCUT2D eigenvalue weighted by Crippen LogP contribution is -2.44. The molecule has 4 saturated heterocycles. The van der Waals surface area contributed by atoms with Gasteiger partial charge in [0, 0.05) is 58.1 Å². The van der Waals surface area contributed by atoms with Gasteiger partial charge in [0.15, 0.2) is 17.1 Å². The van der Waals surface area contributed by atoms with Crippen molar-refractivity contribution in [1.29, 1.82) is 0 Å². The fourth-order valence-corrected chi connectivity index (χ4v) is 10.4. The molecule has 2 bridgehead atoms. The first kappa shape index (κ1) is 48.9. The standard InChI is InChI=1S/C44H49F2N11O6.C5H6O3/c1-52-39-27(4-2-6-34(39)57(44(52)61)35-11-12-37(58)50-43(35)60)5-3-19-62-30-13-16-53(17-14-30)22-26-7-9-28(10-8-26)56-24-33(38(51-56)40(45)46)48-42(59)32-21-47-55-18-15-36(49-41(32)55)54-23-31-20-29(54)25-63-31;1-4(6)2-3-5(7)8/h2,4,6,15,18,21,24,26,28-31,35,40H,7-14,16-17,19-20,22-23,25H2,1H3,(H,48,59)(H,50,58,60);2-3H,1H3,(H,7,8)/b;3-2+/t26?,28?,29-,31-,35?;/m1./s1. The van der Waals surface area contributed by atoms with Gasteiger partial charge in [-0.15, -0.1) is 0 Å². The zero-order chi connectivity index (χ0) is 49.9. The first-order chi connectivity index (χ1) is 34.2. The molecule has 1 aliphatic carbocycles. The van der Waals surface area contributed by atoms with Gasteiger partial charge in [0.2, 0.25) is 11.8 Å². The molecule has 5 aromatic rings. The Hall–Kier alpha value is -7.09. The summed E-state index contributed by atoms with van der Waals surface area (Å²) in [6.07, 6.45) is 10.5. The van der Waals surface area contributed by atoms with E-state index in [2.05, 4.69) is 42.5 Å². The van der Waals surface area contributed by atoms with Gasteiger partial charge in [0.25, 0.3) is 12.3 Å². The van der Waals surface area contributed by atoms with Gasteiger partial charge in [-0.25, -0.2) is 27.9 Å². The van der Waals surface area contributed by atoms with E-state index in [0.717, 1.165) is 89.1 Å². The molecule has 22 heteroatoms. The summed E-state index contributed by atoms with van der Waals surface area (Å²) in [6, 6.07) is 6.73. The molecular weight excluding hydrogens is 925 g/mol. The number of morpholine rings is 1. The zero-order valence-electron chi connectivity index (χ0n) is 39.3. The molecule has 1 unspecified atom stereocenters. The number of carbonyl (C=O) groups is 5. The number of carboxylic acids is 1. The minimum atomic E-state index is -2.86. The summed E-state index contributed by atoms with van der Waals surface area (Å²) in [4.78, 5) is 80.1. The van der Waals surface area contributed by atoms with Crippen LogP contribution in [0.4, 0.5) is 20.3 Å². The average Bonchev–Trinajstić information content (AvgIpc) is 4.21. The maximum absolute atomic E-state index is 14.3. The van der Waals surface area contributed by atoms with Crippen molar-refractivity contribution in [3.63, 3.8) is 0 Å². The van der Waals surface area contributed by atoms with Crippen molar-refractivity contribution < 1.29 is 47.3 Å². The highest BCUT2D eigenvalue weighted by Gasteiger charge is 2.40. The fraction of sp³-hybridized carbons (Fsp3) is 0.490. The number of aliphatic carboxylic acids is 1. The van der Waals surface area contributed by atoms with E-state index in [0.29, 0.717) is 34.8 Å². The topological polar surface area (TPSA) is 230 Å². The van der Waals surface area contributed by atoms with Gasteiger partial charge >= 0.3 is 11.7 Å². The molecule has 20 nitrogen and oxygen atoms in total. The first-order valence-electron chi connectivity index (χ1n) is 23.9. The number of ketones is 1. The first-order valence-corrected chi connectivity index (χ1v) is 23.9. The van der Waals surface area contributed by atoms with Crippen LogP contribution < -0.4 is 21.2 Å². The summed E-state index contributed by atoms with van der Waals surface area (Å²) in [5, 5.41) is 21.5. The molecule has 0 radical (unpaired) electrons. The molecule has 4 aliphatic heterocycles. The Balaban J connectivity index is 0.000000720. The summed E-state index contributed by atoms with van der Waals surface area (Å²) in [6.45, 7) is 5.69. The second-order valence-electron chi connectivity index (χ2n) is 18.7. The molecule has 374 valence electrons. The number of piperidine rings is 2. The number of aryl methyl sites for hydroxylation is 1. The predicted octanol–water partition coefficient (Wildman–Crippen LogP) is 4.20. The van der Waals surface area contributed by atoms with E-state index in [1.807, 2.05) is 18.2 Å². The fourth-order valence-electron chi connectivity index (χ4n) is 10.4. The quantitative estimate of drug-likeness (QED) is 0.0905. The largest absolute Gasteiger partial charge is 0.478 e. The van der Waals surface area contributed by atoms with Crippen molar-refractivity contribution in [3.05, 3.63) is 82.3 Å². The lowest BCUT2D eigenvalue weighted by atomic mass is 9.85. The summed E-state index contributed by atoms with van der Waals surface area (Å²) < 4.78 is 46.5. The molecule has 4 aromatic heterocycles. The maximum atomic E-state index is 14.3. The zero-order valence-corrected chi connectivity index (χ0v) is 39.3. The van der Waals surface area contributed by atoms with Crippen LogP contribution in [0.2, 0.25) is 0 Å². The third-order valence-corrected chi connectivity index (χ3v) is 13.9. The Kier molecular flexibility index (Phi) is 14.5. The monoisotopic (exact) mass is 979 g/mol. The number of amides is 3. The van der Waals surface area contributed by atoms with Crippen molar-refractivity contribution >= 4 is 57.7 Å². The Bertz CT molecular complexity index is 2990. The van der Waals surface area contributed by atoms with Crippen molar-refractivity contribution in [2.75, 3.05) is 49.6 Å². The van der Waals surface area contributed by atoms with Crippen molar-refractivity contribution in [1.82, 2.24) is 43.7 Å². The van der Waals surface area contributed by atoms with E-state index in [1.165, 1.54) is 33.0 Å². The number of para-hydroxylation sites is 1. The molecule has 8 heterocycles. The second kappa shape index (κ2) is 21.1. The Morgan fingerprint density at radius 3 is 2.51 bits per heavy atom. The predicted molar refractivity (Wildman–Crippen MR) is 253 cm³/mol. The van der Waals surface area contributed by atoms with Gasteiger partial charge in [0.05, 0.1) is 59.4 Å². The normalized spacial score (nSPS) is 22.7. The molecule has 3 N–H and O–H groups in total. The van der Waals surface area contributed by atoms with Gasteiger partial charge in [-0.3, -0.25) is 38.3 Å². The maximum Gasteiger partial charge on any atom is 0.329 e. The number of imidazole rings is 1. The number of hydrogen-bond acceptors (Lipinski definition) is 13. The molecule has 10 rings (SSSR count). The lowest BCUT2D eigenvalue weighted by molar-refractivity contribution is -0.136. The number of nitrogens with zero attached hydrogens (tertiary/aromatic N) is 9.